The van der Waals surface area contributed by atoms with Gasteiger partial charge in [0, 0.05) is 31.4 Å². The van der Waals surface area contributed by atoms with E-state index in [1.807, 2.05) is 0 Å². The maximum Gasteiger partial charge on any atom is 0.434 e. The van der Waals surface area contributed by atoms with Crippen molar-refractivity contribution in [3.8, 4) is 28.7 Å². The molecule has 0 radical (unpaired) electrons. The Bertz CT molecular complexity index is 1460. The van der Waals surface area contributed by atoms with Crippen molar-refractivity contribution < 1.29 is 22.3 Å². The summed E-state index contributed by atoms with van der Waals surface area (Å²) in [7, 11) is 2.82. The Hall–Kier alpha value is -4.35. The zero-order chi connectivity index (χ0) is 26.2. The van der Waals surface area contributed by atoms with Crippen molar-refractivity contribution in [1.29, 1.82) is 0 Å². The molecule has 0 atom stereocenters. The Labute approximate surface area is 203 Å². The quantitative estimate of drug-likeness (QED) is 0.383. The van der Waals surface area contributed by atoms with Gasteiger partial charge in [0.1, 0.15) is 23.8 Å². The summed E-state index contributed by atoms with van der Waals surface area (Å²) in [4.78, 5) is 20.6. The van der Waals surface area contributed by atoms with Gasteiger partial charge in [0.15, 0.2) is 11.5 Å². The molecule has 0 fully saturated rings. The summed E-state index contributed by atoms with van der Waals surface area (Å²) in [6.45, 7) is 5.68. The molecule has 0 aliphatic rings. The molecule has 4 rings (SSSR count). The average molecular weight is 499 g/mol. The lowest BCUT2D eigenvalue weighted by molar-refractivity contribution is -0.140. The van der Waals surface area contributed by atoms with Crippen LogP contribution in [0.2, 0.25) is 0 Å². The topological polar surface area (TPSA) is 105 Å². The molecule has 0 aliphatic heterocycles. The van der Waals surface area contributed by atoms with Gasteiger partial charge in [-0.1, -0.05) is 12.6 Å². The van der Waals surface area contributed by atoms with Crippen molar-refractivity contribution in [2.45, 2.75) is 19.5 Å². The van der Waals surface area contributed by atoms with Crippen molar-refractivity contribution in [3.63, 3.8) is 0 Å². The van der Waals surface area contributed by atoms with E-state index in [4.69, 9.17) is 10.5 Å². The lowest BCUT2D eigenvalue weighted by atomic mass is 10.00. The van der Waals surface area contributed by atoms with E-state index >= 15 is 4.39 Å². The number of alkyl halides is 3. The fraction of sp³-hybridized carbons (Fsp3) is 0.208. The van der Waals surface area contributed by atoms with Gasteiger partial charge in [0.25, 0.3) is 0 Å². The molecule has 186 valence electrons. The van der Waals surface area contributed by atoms with Crippen molar-refractivity contribution in [3.05, 3.63) is 71.8 Å². The molecule has 0 saturated heterocycles. The minimum atomic E-state index is -4.64. The number of rotatable bonds is 6. The lowest BCUT2D eigenvalue weighted by Crippen LogP contribution is -2.08. The summed E-state index contributed by atoms with van der Waals surface area (Å²) in [6.07, 6.45) is -0.875. The summed E-state index contributed by atoms with van der Waals surface area (Å²) in [6, 6.07) is 4.20. The van der Waals surface area contributed by atoms with Crippen LogP contribution in [0.25, 0.3) is 28.3 Å². The van der Waals surface area contributed by atoms with E-state index < -0.39 is 17.7 Å². The number of imidazole rings is 1. The monoisotopic (exact) mass is 499 g/mol. The first kappa shape index (κ1) is 24.8. The minimum Gasteiger partial charge on any atom is -0.480 e. The molecule has 0 aliphatic carbocycles. The van der Waals surface area contributed by atoms with Crippen LogP contribution in [-0.2, 0) is 19.6 Å². The molecule has 0 bridgehead atoms. The Morgan fingerprint density at radius 2 is 1.92 bits per heavy atom. The van der Waals surface area contributed by atoms with Gasteiger partial charge in [0.05, 0.1) is 23.9 Å². The summed E-state index contributed by atoms with van der Waals surface area (Å²) in [5.74, 6) is -0.235. The van der Waals surface area contributed by atoms with Crippen molar-refractivity contribution in [2.75, 3.05) is 12.8 Å². The standard InChI is InChI=1S/C24H21F4N7O/c1-12(2)19-17(32-21(34-20(19)29)15-9-30-11-31-23(15)36-4)8-13-5-6-14(16(25)7-13)22-33-18(10-35(22)3)24(26,27)28/h5-7,9-11H,1,8H2,2-4H3,(H2,29,32,34). The zero-order valence-corrected chi connectivity index (χ0v) is 19.6. The number of ether oxygens (including phenoxy) is 1. The third-order valence-corrected chi connectivity index (χ3v) is 5.36. The number of anilines is 1. The second kappa shape index (κ2) is 9.36. The third kappa shape index (κ3) is 4.74. The highest BCUT2D eigenvalue weighted by atomic mass is 19.4. The van der Waals surface area contributed by atoms with Gasteiger partial charge in [-0.15, -0.1) is 0 Å². The molecule has 3 heterocycles. The van der Waals surface area contributed by atoms with E-state index in [1.165, 1.54) is 38.8 Å². The fourth-order valence-electron chi connectivity index (χ4n) is 3.77. The number of allylic oxidation sites excluding steroid dienone is 1. The van der Waals surface area contributed by atoms with E-state index in [0.29, 0.717) is 28.0 Å². The second-order valence-corrected chi connectivity index (χ2v) is 8.03. The number of benzene rings is 1. The molecule has 36 heavy (non-hydrogen) atoms. The normalized spacial score (nSPS) is 11.5. The molecule has 8 nitrogen and oxygen atoms in total. The molecule has 12 heteroatoms. The first-order chi connectivity index (χ1) is 17.0. The highest BCUT2D eigenvalue weighted by Gasteiger charge is 2.34. The zero-order valence-electron chi connectivity index (χ0n) is 19.6. The van der Waals surface area contributed by atoms with E-state index in [2.05, 4.69) is 31.5 Å². The molecule has 0 unspecified atom stereocenters. The minimum absolute atomic E-state index is 0.0639. The van der Waals surface area contributed by atoms with Gasteiger partial charge in [0.2, 0.25) is 5.88 Å². The van der Waals surface area contributed by atoms with Crippen LogP contribution in [0.4, 0.5) is 23.4 Å². The fourth-order valence-corrected chi connectivity index (χ4v) is 3.77. The molecule has 0 amide bonds. The summed E-state index contributed by atoms with van der Waals surface area (Å²) >= 11 is 0. The van der Waals surface area contributed by atoms with Crippen LogP contribution in [0, 0.1) is 5.82 Å². The number of aryl methyl sites for hydroxylation is 1. The van der Waals surface area contributed by atoms with Crippen LogP contribution in [0.15, 0.2) is 43.5 Å². The van der Waals surface area contributed by atoms with Gasteiger partial charge in [-0.05, 0) is 30.2 Å². The van der Waals surface area contributed by atoms with Crippen LogP contribution in [-0.4, -0.2) is 36.6 Å². The largest absolute Gasteiger partial charge is 0.480 e. The van der Waals surface area contributed by atoms with Gasteiger partial charge < -0.3 is 15.0 Å². The van der Waals surface area contributed by atoms with Gasteiger partial charge in [-0.2, -0.15) is 13.2 Å². The summed E-state index contributed by atoms with van der Waals surface area (Å²) in [5, 5.41) is 0. The predicted molar refractivity (Wildman–Crippen MR) is 125 cm³/mol. The number of nitrogens with two attached hydrogens (primary N) is 1. The molecule has 3 aromatic heterocycles. The van der Waals surface area contributed by atoms with Gasteiger partial charge in [-0.3, -0.25) is 0 Å². The maximum absolute atomic E-state index is 15.1. The predicted octanol–water partition coefficient (Wildman–Crippen LogP) is 4.71. The SMILES string of the molecule is C=C(C)c1c(N)nc(-c2cncnc2OC)nc1Cc1ccc(-c2nc(C(F)(F)F)cn2C)c(F)c1. The van der Waals surface area contributed by atoms with Crippen LogP contribution < -0.4 is 10.5 Å². The number of hydrogen-bond donors (Lipinski definition) is 1. The van der Waals surface area contributed by atoms with Crippen LogP contribution in [0.5, 0.6) is 5.88 Å². The summed E-state index contributed by atoms with van der Waals surface area (Å²) < 4.78 is 60.5. The molecule has 1 aromatic carbocycles. The van der Waals surface area contributed by atoms with E-state index in [-0.39, 0.29) is 35.3 Å². The molecular weight excluding hydrogens is 478 g/mol. The number of hydrogen-bond acceptors (Lipinski definition) is 7. The Morgan fingerprint density at radius 1 is 1.17 bits per heavy atom. The number of halogens is 4. The highest BCUT2D eigenvalue weighted by Crippen LogP contribution is 2.33. The first-order valence-electron chi connectivity index (χ1n) is 10.6. The first-order valence-corrected chi connectivity index (χ1v) is 10.6. The second-order valence-electron chi connectivity index (χ2n) is 8.03. The molecule has 0 spiro atoms. The Kier molecular flexibility index (Phi) is 6.44. The molecule has 4 aromatic rings. The van der Waals surface area contributed by atoms with Crippen molar-refractivity contribution >= 4 is 11.4 Å². The average Bonchev–Trinajstić information content (AvgIpc) is 3.20. The Balaban J connectivity index is 1.75. The third-order valence-electron chi connectivity index (χ3n) is 5.36. The van der Waals surface area contributed by atoms with Crippen LogP contribution in [0.1, 0.15) is 29.4 Å². The molecule has 2 N–H and O–H groups in total. The van der Waals surface area contributed by atoms with Gasteiger partial charge >= 0.3 is 6.18 Å². The number of nitrogens with zero attached hydrogens (tertiary/aromatic N) is 6. The molecular formula is C24H21F4N7O. The highest BCUT2D eigenvalue weighted by molar-refractivity contribution is 5.75. The van der Waals surface area contributed by atoms with Crippen LogP contribution in [0.3, 0.4) is 0 Å². The van der Waals surface area contributed by atoms with Crippen LogP contribution >= 0.6 is 0 Å². The van der Waals surface area contributed by atoms with E-state index in [9.17, 15) is 13.2 Å². The number of nitrogen functional groups attached to an aromatic ring is 1. The summed E-state index contributed by atoms with van der Waals surface area (Å²) in [5.41, 5.74) is 7.57. The van der Waals surface area contributed by atoms with Crippen molar-refractivity contribution in [1.82, 2.24) is 29.5 Å². The van der Waals surface area contributed by atoms with E-state index in [0.717, 1.165) is 10.8 Å². The number of aromatic nitrogens is 6. The van der Waals surface area contributed by atoms with Gasteiger partial charge in [-0.25, -0.2) is 29.3 Å². The molecule has 0 saturated carbocycles. The smallest absolute Gasteiger partial charge is 0.434 e. The Morgan fingerprint density at radius 3 is 2.53 bits per heavy atom. The van der Waals surface area contributed by atoms with E-state index in [1.54, 1.807) is 13.0 Å². The van der Waals surface area contributed by atoms with Crippen molar-refractivity contribution in [2.24, 2.45) is 7.05 Å². The number of methoxy groups -OCH3 is 1. The lowest BCUT2D eigenvalue weighted by Gasteiger charge is -2.14. The maximum atomic E-state index is 15.1.